The molecule has 0 unspecified atom stereocenters. The van der Waals surface area contributed by atoms with Crippen LogP contribution >= 0.6 is 15.9 Å². The van der Waals surface area contributed by atoms with Gasteiger partial charge in [0.1, 0.15) is 0 Å². The van der Waals surface area contributed by atoms with Crippen LogP contribution in [0.2, 0.25) is 0 Å². The Morgan fingerprint density at radius 1 is 1.00 bits per heavy atom. The van der Waals surface area contributed by atoms with Crippen molar-refractivity contribution in [3.05, 3.63) is 70.6 Å². The van der Waals surface area contributed by atoms with Crippen LogP contribution in [-0.2, 0) is 6.42 Å². The van der Waals surface area contributed by atoms with E-state index < -0.39 is 0 Å². The van der Waals surface area contributed by atoms with Crippen LogP contribution < -0.4 is 0 Å². The summed E-state index contributed by atoms with van der Waals surface area (Å²) in [4.78, 5) is 12.0. The van der Waals surface area contributed by atoms with E-state index in [2.05, 4.69) is 22.0 Å². The van der Waals surface area contributed by atoms with Crippen LogP contribution in [-0.4, -0.2) is 5.78 Å². The molecule has 0 amide bonds. The van der Waals surface area contributed by atoms with E-state index in [1.807, 2.05) is 36.4 Å². The van der Waals surface area contributed by atoms with Crippen molar-refractivity contribution in [3.63, 3.8) is 0 Å². The van der Waals surface area contributed by atoms with Gasteiger partial charge >= 0.3 is 0 Å². The molecule has 1 aromatic heterocycles. The Bertz CT molecular complexity index is 743. The van der Waals surface area contributed by atoms with Gasteiger partial charge in [0.05, 0.1) is 0 Å². The average molecular weight is 315 g/mol. The fourth-order valence-electron chi connectivity index (χ4n) is 2.09. The number of hydrogen-bond acceptors (Lipinski definition) is 2. The number of hydrogen-bond donors (Lipinski definition) is 0. The van der Waals surface area contributed by atoms with Gasteiger partial charge in [-0.3, -0.25) is 4.79 Å². The second kappa shape index (κ2) is 5.02. The van der Waals surface area contributed by atoms with Crippen molar-refractivity contribution in [1.29, 1.82) is 0 Å². The summed E-state index contributed by atoms with van der Waals surface area (Å²) in [5.41, 5.74) is 0.997. The molecule has 0 aliphatic carbocycles. The van der Waals surface area contributed by atoms with Gasteiger partial charge < -0.3 is 4.42 Å². The highest BCUT2D eigenvalue weighted by molar-refractivity contribution is 9.10. The van der Waals surface area contributed by atoms with Gasteiger partial charge in [0, 0.05) is 6.42 Å². The summed E-state index contributed by atoms with van der Waals surface area (Å²) in [6, 6.07) is 17.6. The smallest absolute Gasteiger partial charge is 0.202 e. The van der Waals surface area contributed by atoms with Crippen molar-refractivity contribution < 1.29 is 9.21 Å². The number of rotatable bonds is 3. The Morgan fingerprint density at radius 3 is 2.53 bits per heavy atom. The number of benzene rings is 2. The van der Waals surface area contributed by atoms with Crippen LogP contribution in [0, 0.1) is 0 Å². The molecular weight excluding hydrogens is 304 g/mol. The van der Waals surface area contributed by atoms with E-state index >= 15 is 0 Å². The molecule has 0 saturated heterocycles. The maximum Gasteiger partial charge on any atom is 0.202 e. The fraction of sp³-hybridized carbons (Fsp3) is 0.0625. The Labute approximate surface area is 119 Å². The van der Waals surface area contributed by atoms with Gasteiger partial charge in [-0.05, 0) is 44.4 Å². The predicted molar refractivity (Wildman–Crippen MR) is 78.4 cm³/mol. The number of halogens is 1. The minimum atomic E-state index is -0.0130. The lowest BCUT2D eigenvalue weighted by molar-refractivity contribution is 0.0965. The fourth-order valence-corrected chi connectivity index (χ4v) is 2.39. The molecule has 2 aromatic carbocycles. The number of ketones is 1. The number of carbonyl (C=O) groups excluding carboxylic acids is 1. The molecule has 0 fully saturated rings. The lowest BCUT2D eigenvalue weighted by Gasteiger charge is -2.02. The van der Waals surface area contributed by atoms with Crippen LogP contribution in [0.4, 0.5) is 0 Å². The molecule has 19 heavy (non-hydrogen) atoms. The van der Waals surface area contributed by atoms with Crippen molar-refractivity contribution in [2.45, 2.75) is 6.42 Å². The molecule has 3 heteroatoms. The monoisotopic (exact) mass is 314 g/mol. The maximum atomic E-state index is 12.0. The quantitative estimate of drug-likeness (QED) is 0.660. The summed E-state index contributed by atoms with van der Waals surface area (Å²) in [7, 11) is 0. The van der Waals surface area contributed by atoms with Gasteiger partial charge in [-0.1, -0.05) is 42.5 Å². The summed E-state index contributed by atoms with van der Waals surface area (Å²) in [6.45, 7) is 0. The topological polar surface area (TPSA) is 30.2 Å². The van der Waals surface area contributed by atoms with E-state index in [1.165, 1.54) is 5.39 Å². The first-order valence-corrected chi connectivity index (χ1v) is 6.78. The molecule has 3 aromatic rings. The van der Waals surface area contributed by atoms with Gasteiger partial charge in [0.2, 0.25) is 5.78 Å². The molecule has 0 spiro atoms. The summed E-state index contributed by atoms with van der Waals surface area (Å²) in [5, 5.41) is 2.33. The standard InChI is InChI=1S/C16H11BrO2/c17-16-8-7-15(19-16)14(18)10-11-5-6-12-3-1-2-4-13(12)9-11/h1-9H,10H2. The van der Waals surface area contributed by atoms with E-state index in [0.29, 0.717) is 16.9 Å². The first kappa shape index (κ1) is 12.2. The molecule has 1 heterocycles. The zero-order valence-corrected chi connectivity index (χ0v) is 11.7. The third-order valence-electron chi connectivity index (χ3n) is 3.03. The maximum absolute atomic E-state index is 12.0. The number of Topliss-reactive ketones (excluding diaryl/α,β-unsaturated/α-hetero) is 1. The molecule has 0 saturated carbocycles. The van der Waals surface area contributed by atoms with Crippen molar-refractivity contribution in [2.24, 2.45) is 0 Å². The predicted octanol–water partition coefficient (Wildman–Crippen LogP) is 4.62. The van der Waals surface area contributed by atoms with Crippen LogP contribution in [0.3, 0.4) is 0 Å². The summed E-state index contributed by atoms with van der Waals surface area (Å²) in [6.07, 6.45) is 0.352. The molecule has 94 valence electrons. The number of carbonyl (C=O) groups is 1. The van der Waals surface area contributed by atoms with Crippen molar-refractivity contribution in [2.75, 3.05) is 0 Å². The highest BCUT2D eigenvalue weighted by atomic mass is 79.9. The molecule has 0 aliphatic rings. The third-order valence-corrected chi connectivity index (χ3v) is 3.45. The minimum Gasteiger partial charge on any atom is -0.446 e. The number of furan rings is 1. The van der Waals surface area contributed by atoms with Crippen LogP contribution in [0.25, 0.3) is 10.8 Å². The first-order chi connectivity index (χ1) is 9.22. The van der Waals surface area contributed by atoms with Gasteiger partial charge in [-0.2, -0.15) is 0 Å². The molecular formula is C16H11BrO2. The largest absolute Gasteiger partial charge is 0.446 e. The highest BCUT2D eigenvalue weighted by Crippen LogP contribution is 2.19. The molecule has 3 rings (SSSR count). The SMILES string of the molecule is O=C(Cc1ccc2ccccc2c1)c1ccc(Br)o1. The summed E-state index contributed by atoms with van der Waals surface area (Å²) < 4.78 is 5.85. The second-order valence-corrected chi connectivity index (χ2v) is 5.17. The van der Waals surface area contributed by atoms with Gasteiger partial charge in [-0.25, -0.2) is 0 Å². The molecule has 0 bridgehead atoms. The Balaban J connectivity index is 1.87. The zero-order chi connectivity index (χ0) is 13.2. The number of fused-ring (bicyclic) bond motifs is 1. The van der Waals surface area contributed by atoms with E-state index in [0.717, 1.165) is 10.9 Å². The van der Waals surface area contributed by atoms with Crippen LogP contribution in [0.15, 0.2) is 63.7 Å². The second-order valence-electron chi connectivity index (χ2n) is 4.39. The molecule has 0 radical (unpaired) electrons. The molecule has 2 nitrogen and oxygen atoms in total. The van der Waals surface area contributed by atoms with E-state index in [4.69, 9.17) is 4.42 Å². The Morgan fingerprint density at radius 2 is 1.79 bits per heavy atom. The lowest BCUT2D eigenvalue weighted by Crippen LogP contribution is -2.01. The summed E-state index contributed by atoms with van der Waals surface area (Å²) in [5.74, 6) is 0.376. The van der Waals surface area contributed by atoms with E-state index in [-0.39, 0.29) is 5.78 Å². The van der Waals surface area contributed by atoms with Gasteiger partial charge in [0.15, 0.2) is 10.4 Å². The van der Waals surface area contributed by atoms with Gasteiger partial charge in [0.25, 0.3) is 0 Å². The summed E-state index contributed by atoms with van der Waals surface area (Å²) >= 11 is 3.20. The lowest BCUT2D eigenvalue weighted by atomic mass is 10.0. The third kappa shape index (κ3) is 2.61. The van der Waals surface area contributed by atoms with Crippen molar-refractivity contribution in [1.82, 2.24) is 0 Å². The normalized spacial score (nSPS) is 10.8. The van der Waals surface area contributed by atoms with Crippen molar-refractivity contribution >= 4 is 32.5 Å². The zero-order valence-electron chi connectivity index (χ0n) is 10.1. The first-order valence-electron chi connectivity index (χ1n) is 5.98. The Hall–Kier alpha value is -1.87. The van der Waals surface area contributed by atoms with Crippen LogP contribution in [0.5, 0.6) is 0 Å². The molecule has 0 aliphatic heterocycles. The van der Waals surface area contributed by atoms with E-state index in [1.54, 1.807) is 12.1 Å². The highest BCUT2D eigenvalue weighted by Gasteiger charge is 2.11. The van der Waals surface area contributed by atoms with Crippen LogP contribution in [0.1, 0.15) is 16.1 Å². The van der Waals surface area contributed by atoms with Gasteiger partial charge in [-0.15, -0.1) is 0 Å². The molecule has 0 N–H and O–H groups in total. The van der Waals surface area contributed by atoms with E-state index in [9.17, 15) is 4.79 Å². The Kier molecular flexibility index (Phi) is 3.22. The minimum absolute atomic E-state index is 0.0130. The average Bonchev–Trinajstić information content (AvgIpc) is 2.85. The van der Waals surface area contributed by atoms with Crippen molar-refractivity contribution in [3.8, 4) is 0 Å². The molecule has 0 atom stereocenters.